The molecule has 2 aromatic rings. The Morgan fingerprint density at radius 1 is 1.20 bits per heavy atom. The Hall–Kier alpha value is -1.69. The number of rotatable bonds is 1. The highest BCUT2D eigenvalue weighted by atomic mass is 32.1. The molecule has 134 valence electrons. The number of aromatic nitrogens is 2. The van der Waals surface area contributed by atoms with Gasteiger partial charge in [0.25, 0.3) is 11.5 Å². The predicted octanol–water partition coefficient (Wildman–Crippen LogP) is 3.36. The molecule has 1 saturated heterocycles. The number of nitrogens with zero attached hydrogens (tertiary/aromatic N) is 3. The van der Waals surface area contributed by atoms with E-state index in [1.165, 1.54) is 17.8 Å². The zero-order valence-corrected chi connectivity index (χ0v) is 15.8. The normalized spacial score (nSPS) is 21.2. The number of likely N-dealkylation sites (tertiary alicyclic amines) is 1. The van der Waals surface area contributed by atoms with Gasteiger partial charge in [0.1, 0.15) is 10.7 Å². The van der Waals surface area contributed by atoms with Crippen LogP contribution in [0.1, 0.15) is 60.1 Å². The van der Waals surface area contributed by atoms with E-state index in [4.69, 9.17) is 4.98 Å². The maximum Gasteiger partial charge on any atom is 0.264 e. The van der Waals surface area contributed by atoms with Gasteiger partial charge in [-0.3, -0.25) is 14.2 Å². The molecule has 25 heavy (non-hydrogen) atoms. The van der Waals surface area contributed by atoms with Crippen molar-refractivity contribution in [1.82, 2.24) is 14.5 Å². The molecule has 1 amide bonds. The molecule has 0 bridgehead atoms. The monoisotopic (exact) mass is 359 g/mol. The molecular formula is C19H25N3O2S. The lowest BCUT2D eigenvalue weighted by Gasteiger charge is -2.30. The molecule has 6 heteroatoms. The van der Waals surface area contributed by atoms with E-state index in [0.717, 1.165) is 68.0 Å². The Kier molecular flexibility index (Phi) is 4.40. The largest absolute Gasteiger partial charge is 0.338 e. The predicted molar refractivity (Wildman–Crippen MR) is 100 cm³/mol. The minimum Gasteiger partial charge on any atom is -0.338 e. The smallest absolute Gasteiger partial charge is 0.264 e. The van der Waals surface area contributed by atoms with Crippen molar-refractivity contribution in [2.45, 2.75) is 58.9 Å². The lowest BCUT2D eigenvalue weighted by Crippen LogP contribution is -2.39. The molecule has 5 nitrogen and oxygen atoms in total. The maximum absolute atomic E-state index is 13.0. The SMILES string of the molecule is Cc1c(C(=O)N2CCCC(C)C2)sc2nc3n(c(=O)c12)CCCCC3. The zero-order valence-electron chi connectivity index (χ0n) is 15.0. The molecule has 4 rings (SSSR count). The van der Waals surface area contributed by atoms with Crippen molar-refractivity contribution in [2.24, 2.45) is 5.92 Å². The van der Waals surface area contributed by atoms with Crippen molar-refractivity contribution in [3.8, 4) is 0 Å². The van der Waals surface area contributed by atoms with E-state index in [0.29, 0.717) is 16.2 Å². The van der Waals surface area contributed by atoms with Crippen LogP contribution in [0.15, 0.2) is 4.79 Å². The molecule has 0 aliphatic carbocycles. The van der Waals surface area contributed by atoms with Gasteiger partial charge in [-0.05, 0) is 44.1 Å². The Balaban J connectivity index is 1.79. The molecule has 1 unspecified atom stereocenters. The third-order valence-electron chi connectivity index (χ3n) is 5.55. The summed E-state index contributed by atoms with van der Waals surface area (Å²) in [5.74, 6) is 1.51. The Labute approximate surface area is 151 Å². The zero-order chi connectivity index (χ0) is 17.6. The summed E-state index contributed by atoms with van der Waals surface area (Å²) in [6, 6.07) is 0. The molecular weight excluding hydrogens is 334 g/mol. The van der Waals surface area contributed by atoms with Crippen molar-refractivity contribution < 1.29 is 4.79 Å². The number of thiophene rings is 1. The summed E-state index contributed by atoms with van der Waals surface area (Å²) < 4.78 is 1.84. The minimum absolute atomic E-state index is 0.0433. The van der Waals surface area contributed by atoms with E-state index in [9.17, 15) is 9.59 Å². The van der Waals surface area contributed by atoms with Crippen LogP contribution in [0.2, 0.25) is 0 Å². The van der Waals surface area contributed by atoms with Crippen LogP contribution in [-0.4, -0.2) is 33.4 Å². The third kappa shape index (κ3) is 2.90. The van der Waals surface area contributed by atoms with Crippen molar-refractivity contribution in [1.29, 1.82) is 0 Å². The lowest BCUT2D eigenvalue weighted by atomic mass is 10.00. The summed E-state index contributed by atoms with van der Waals surface area (Å²) in [5.41, 5.74) is 0.863. The van der Waals surface area contributed by atoms with E-state index < -0.39 is 0 Å². The van der Waals surface area contributed by atoms with E-state index in [1.807, 2.05) is 16.4 Å². The number of carbonyl (C=O) groups is 1. The highest BCUT2D eigenvalue weighted by Gasteiger charge is 2.27. The first kappa shape index (κ1) is 16.8. The Bertz CT molecular complexity index is 883. The van der Waals surface area contributed by atoms with Crippen LogP contribution in [0.5, 0.6) is 0 Å². The Morgan fingerprint density at radius 3 is 2.84 bits per heavy atom. The van der Waals surface area contributed by atoms with Crippen molar-refractivity contribution in [3.05, 3.63) is 26.6 Å². The maximum atomic E-state index is 13.0. The quantitative estimate of drug-likeness (QED) is 0.784. The van der Waals surface area contributed by atoms with Crippen LogP contribution in [0.4, 0.5) is 0 Å². The molecule has 2 aliphatic rings. The van der Waals surface area contributed by atoms with Gasteiger partial charge in [-0.25, -0.2) is 4.98 Å². The number of hydrogen-bond acceptors (Lipinski definition) is 4. The first-order valence-corrected chi connectivity index (χ1v) is 10.2. The van der Waals surface area contributed by atoms with E-state index >= 15 is 0 Å². The van der Waals surface area contributed by atoms with Crippen molar-refractivity contribution in [2.75, 3.05) is 13.1 Å². The number of aryl methyl sites for hydroxylation is 2. The van der Waals surface area contributed by atoms with E-state index in [1.54, 1.807) is 0 Å². The van der Waals surface area contributed by atoms with Crippen molar-refractivity contribution >= 4 is 27.5 Å². The van der Waals surface area contributed by atoms with Gasteiger partial charge in [-0.1, -0.05) is 13.3 Å². The lowest BCUT2D eigenvalue weighted by molar-refractivity contribution is 0.0687. The van der Waals surface area contributed by atoms with Crippen LogP contribution in [-0.2, 0) is 13.0 Å². The van der Waals surface area contributed by atoms with Crippen LogP contribution < -0.4 is 5.56 Å². The molecule has 0 aromatic carbocycles. The van der Waals surface area contributed by atoms with Gasteiger partial charge in [0.05, 0.1) is 10.3 Å². The van der Waals surface area contributed by atoms with Gasteiger partial charge < -0.3 is 4.90 Å². The first-order chi connectivity index (χ1) is 12.1. The number of piperidine rings is 1. The summed E-state index contributed by atoms with van der Waals surface area (Å²) in [4.78, 5) is 34.2. The summed E-state index contributed by atoms with van der Waals surface area (Å²) in [6.45, 7) is 6.49. The standard InChI is InChI=1S/C19H25N3O2S/c1-12-7-6-9-21(11-12)19(24)16-13(2)15-17(25-16)20-14-8-4-3-5-10-22(14)18(15)23/h12H,3-11H2,1-2H3. The molecule has 0 spiro atoms. The molecule has 4 heterocycles. The van der Waals surface area contributed by atoms with Gasteiger partial charge in [0, 0.05) is 26.1 Å². The topological polar surface area (TPSA) is 55.2 Å². The fourth-order valence-corrected chi connectivity index (χ4v) is 5.29. The first-order valence-electron chi connectivity index (χ1n) is 9.38. The Morgan fingerprint density at radius 2 is 2.04 bits per heavy atom. The third-order valence-corrected chi connectivity index (χ3v) is 6.72. The highest BCUT2D eigenvalue weighted by Crippen LogP contribution is 2.30. The van der Waals surface area contributed by atoms with Gasteiger partial charge in [-0.2, -0.15) is 0 Å². The highest BCUT2D eigenvalue weighted by molar-refractivity contribution is 7.20. The van der Waals surface area contributed by atoms with Crippen LogP contribution in [0.3, 0.4) is 0 Å². The average molecular weight is 359 g/mol. The van der Waals surface area contributed by atoms with E-state index in [2.05, 4.69) is 6.92 Å². The summed E-state index contributed by atoms with van der Waals surface area (Å²) in [7, 11) is 0. The van der Waals surface area contributed by atoms with Gasteiger partial charge in [-0.15, -0.1) is 11.3 Å². The minimum atomic E-state index is 0.0433. The van der Waals surface area contributed by atoms with Gasteiger partial charge in [0.2, 0.25) is 0 Å². The number of amides is 1. The van der Waals surface area contributed by atoms with Crippen LogP contribution >= 0.6 is 11.3 Å². The molecule has 0 saturated carbocycles. The van der Waals surface area contributed by atoms with Crippen LogP contribution in [0.25, 0.3) is 10.2 Å². The van der Waals surface area contributed by atoms with Gasteiger partial charge in [0.15, 0.2) is 0 Å². The fourth-order valence-electron chi connectivity index (χ4n) is 4.13. The van der Waals surface area contributed by atoms with Crippen molar-refractivity contribution in [3.63, 3.8) is 0 Å². The van der Waals surface area contributed by atoms with E-state index in [-0.39, 0.29) is 11.5 Å². The molecule has 1 fully saturated rings. The number of carbonyl (C=O) groups excluding carboxylic acids is 1. The molecule has 0 radical (unpaired) electrons. The average Bonchev–Trinajstić information content (AvgIpc) is 2.77. The second-order valence-electron chi connectivity index (χ2n) is 7.53. The molecule has 0 N–H and O–H groups in total. The van der Waals surface area contributed by atoms with Crippen LogP contribution in [0, 0.1) is 12.8 Å². The number of hydrogen-bond donors (Lipinski definition) is 0. The summed E-state index contributed by atoms with van der Waals surface area (Å²) >= 11 is 1.41. The molecule has 2 aromatic heterocycles. The fraction of sp³-hybridized carbons (Fsp3) is 0.632. The van der Waals surface area contributed by atoms with Gasteiger partial charge >= 0.3 is 0 Å². The molecule has 1 atom stereocenters. The molecule has 2 aliphatic heterocycles. The second kappa shape index (κ2) is 6.56. The number of fused-ring (bicyclic) bond motifs is 2. The second-order valence-corrected chi connectivity index (χ2v) is 8.53. The summed E-state index contributed by atoms with van der Waals surface area (Å²) in [5, 5.41) is 0.657. The summed E-state index contributed by atoms with van der Waals surface area (Å²) in [6.07, 6.45) is 6.36.